The second kappa shape index (κ2) is 6.84. The lowest BCUT2D eigenvalue weighted by molar-refractivity contribution is -0.190. The fourth-order valence-electron chi connectivity index (χ4n) is 4.24. The number of carboxylic acids is 1. The molecule has 1 amide bonds. The quantitative estimate of drug-likeness (QED) is 0.712. The van der Waals surface area contributed by atoms with E-state index < -0.39 is 40.4 Å². The van der Waals surface area contributed by atoms with Gasteiger partial charge in [-0.05, 0) is 19.9 Å². The molecule has 0 saturated carbocycles. The number of ether oxygens (including phenoxy) is 1. The van der Waals surface area contributed by atoms with Crippen LogP contribution in [0.4, 0.5) is 23.2 Å². The number of carbonyl (C=O) groups is 2. The molecule has 4 rings (SSSR count). The number of carbonyl (C=O) groups excluding carboxylic acids is 1. The Morgan fingerprint density at radius 1 is 1.31 bits per heavy atom. The number of amides is 1. The molecule has 8 nitrogen and oxygen atoms in total. The van der Waals surface area contributed by atoms with Crippen molar-refractivity contribution in [3.8, 4) is 5.75 Å². The maximum atomic E-state index is 15.1. The van der Waals surface area contributed by atoms with Crippen LogP contribution < -0.4 is 15.1 Å². The predicted molar refractivity (Wildman–Crippen MR) is 105 cm³/mol. The van der Waals surface area contributed by atoms with E-state index in [2.05, 4.69) is 0 Å². The van der Waals surface area contributed by atoms with Crippen LogP contribution >= 0.6 is 0 Å². The number of halogens is 4. The number of likely N-dealkylation sites (N-methyl/N-ethyl adjacent to an activating group) is 1. The lowest BCUT2D eigenvalue weighted by Gasteiger charge is -2.54. The molecule has 1 atom stereocenters. The van der Waals surface area contributed by atoms with Gasteiger partial charge >= 0.3 is 18.1 Å². The molecular weight excluding hydrogens is 438 g/mol. The molecule has 3 heterocycles. The third-order valence-corrected chi connectivity index (χ3v) is 6.11. The van der Waals surface area contributed by atoms with E-state index in [1.807, 2.05) is 0 Å². The zero-order valence-electron chi connectivity index (χ0n) is 17.3. The SMILES string of the molecule is C[C@@H]1COc2c(N3CC(C)(N(C)C(=O)C(F)(F)F)C3)c(F)cc3c(=O)c(C(=O)O)cn1c23. The highest BCUT2D eigenvalue weighted by atomic mass is 19.4. The summed E-state index contributed by atoms with van der Waals surface area (Å²) >= 11 is 0. The van der Waals surface area contributed by atoms with Crippen LogP contribution in [0.15, 0.2) is 17.1 Å². The Kier molecular flexibility index (Phi) is 4.68. The highest BCUT2D eigenvalue weighted by Crippen LogP contribution is 2.45. The minimum Gasteiger partial charge on any atom is -0.487 e. The van der Waals surface area contributed by atoms with E-state index in [0.29, 0.717) is 4.90 Å². The second-order valence-electron chi connectivity index (χ2n) is 8.39. The Bertz CT molecular complexity index is 1220. The third kappa shape index (κ3) is 3.07. The molecule has 2 aliphatic heterocycles. The lowest BCUT2D eigenvalue weighted by atomic mass is 9.89. The minimum absolute atomic E-state index is 0.0130. The van der Waals surface area contributed by atoms with Crippen molar-refractivity contribution < 1.29 is 37.0 Å². The number of carboxylic acid groups (broad SMARTS) is 1. The van der Waals surface area contributed by atoms with E-state index >= 15 is 4.39 Å². The molecule has 2 aliphatic rings. The fourth-order valence-corrected chi connectivity index (χ4v) is 4.24. The number of aromatic carboxylic acids is 1. The van der Waals surface area contributed by atoms with Gasteiger partial charge in [0.25, 0.3) is 0 Å². The third-order valence-electron chi connectivity index (χ3n) is 6.11. The molecule has 12 heteroatoms. The Labute approximate surface area is 178 Å². The van der Waals surface area contributed by atoms with Crippen molar-refractivity contribution in [1.82, 2.24) is 9.47 Å². The molecule has 1 saturated heterocycles. The van der Waals surface area contributed by atoms with Crippen LogP contribution in [0.5, 0.6) is 5.75 Å². The summed E-state index contributed by atoms with van der Waals surface area (Å²) in [6.45, 7) is 3.06. The van der Waals surface area contributed by atoms with Gasteiger partial charge in [-0.1, -0.05) is 0 Å². The summed E-state index contributed by atoms with van der Waals surface area (Å²) in [5.41, 5.74) is -2.41. The van der Waals surface area contributed by atoms with Crippen molar-refractivity contribution >= 4 is 28.5 Å². The topological polar surface area (TPSA) is 92.1 Å². The van der Waals surface area contributed by atoms with Crippen LogP contribution in [0.25, 0.3) is 10.9 Å². The summed E-state index contributed by atoms with van der Waals surface area (Å²) in [4.78, 5) is 37.7. The Morgan fingerprint density at radius 2 is 1.94 bits per heavy atom. The molecule has 32 heavy (non-hydrogen) atoms. The molecule has 172 valence electrons. The first-order valence-electron chi connectivity index (χ1n) is 9.63. The number of hydrogen-bond acceptors (Lipinski definition) is 5. The Morgan fingerprint density at radius 3 is 2.50 bits per heavy atom. The van der Waals surface area contributed by atoms with Crippen LogP contribution in [-0.4, -0.2) is 64.9 Å². The Balaban J connectivity index is 1.79. The van der Waals surface area contributed by atoms with Gasteiger partial charge in [-0.2, -0.15) is 13.2 Å². The van der Waals surface area contributed by atoms with Crippen LogP contribution in [0, 0.1) is 5.82 Å². The molecule has 1 N–H and O–H groups in total. The van der Waals surface area contributed by atoms with Gasteiger partial charge < -0.3 is 24.2 Å². The van der Waals surface area contributed by atoms with Crippen LogP contribution in [-0.2, 0) is 4.79 Å². The second-order valence-corrected chi connectivity index (χ2v) is 8.39. The molecule has 0 spiro atoms. The number of nitrogens with zero attached hydrogens (tertiary/aromatic N) is 3. The number of rotatable bonds is 3. The zero-order valence-corrected chi connectivity index (χ0v) is 17.3. The average Bonchev–Trinajstić information content (AvgIpc) is 2.67. The summed E-state index contributed by atoms with van der Waals surface area (Å²) in [5.74, 6) is -4.31. The number of hydrogen-bond donors (Lipinski definition) is 1. The molecule has 0 aliphatic carbocycles. The van der Waals surface area contributed by atoms with Crippen molar-refractivity contribution in [3.05, 3.63) is 33.9 Å². The maximum absolute atomic E-state index is 15.1. The van der Waals surface area contributed by atoms with Crippen molar-refractivity contribution in [2.24, 2.45) is 0 Å². The van der Waals surface area contributed by atoms with Crippen molar-refractivity contribution in [3.63, 3.8) is 0 Å². The van der Waals surface area contributed by atoms with Crippen LogP contribution in [0.2, 0.25) is 0 Å². The summed E-state index contributed by atoms with van der Waals surface area (Å²) < 4.78 is 60.8. The van der Waals surface area contributed by atoms with Gasteiger partial charge in [-0.25, -0.2) is 9.18 Å². The van der Waals surface area contributed by atoms with Crippen molar-refractivity contribution in [2.45, 2.75) is 31.6 Å². The van der Waals surface area contributed by atoms with Gasteiger partial charge in [0.1, 0.15) is 17.9 Å². The standard InChI is InChI=1S/C20H19F4N3O5/c1-9-6-32-16-13-10(15(28)11(17(29)30)5-27(9)13)4-12(21)14(16)26-7-19(2,8-26)25(3)18(31)20(22,23)24/h4-5,9H,6-8H2,1-3H3,(H,29,30)/t9-/m1/s1. The van der Waals surface area contributed by atoms with Gasteiger partial charge in [0.05, 0.1) is 22.5 Å². The number of aromatic nitrogens is 1. The van der Waals surface area contributed by atoms with Gasteiger partial charge in [-0.3, -0.25) is 9.59 Å². The summed E-state index contributed by atoms with van der Waals surface area (Å²) in [7, 11) is 1.04. The van der Waals surface area contributed by atoms with E-state index in [1.54, 1.807) is 6.92 Å². The molecule has 0 bridgehead atoms. The number of pyridine rings is 1. The highest BCUT2D eigenvalue weighted by molar-refractivity contribution is 5.97. The minimum atomic E-state index is -5.03. The zero-order chi connectivity index (χ0) is 23.7. The summed E-state index contributed by atoms with van der Waals surface area (Å²) in [6, 6.07) is 0.570. The van der Waals surface area contributed by atoms with Crippen LogP contribution in [0.1, 0.15) is 30.2 Å². The molecule has 0 unspecified atom stereocenters. The van der Waals surface area contributed by atoms with Gasteiger partial charge in [0, 0.05) is 26.3 Å². The monoisotopic (exact) mass is 457 g/mol. The summed E-state index contributed by atoms with van der Waals surface area (Å²) in [6.07, 6.45) is -3.85. The number of anilines is 1. The number of benzene rings is 1. The van der Waals surface area contributed by atoms with E-state index in [1.165, 1.54) is 22.6 Å². The maximum Gasteiger partial charge on any atom is 0.471 e. The Hall–Kier alpha value is -3.31. The smallest absolute Gasteiger partial charge is 0.471 e. The van der Waals surface area contributed by atoms with Gasteiger partial charge in [0.15, 0.2) is 11.6 Å². The molecule has 1 fully saturated rings. The summed E-state index contributed by atoms with van der Waals surface area (Å²) in [5, 5.41) is 9.16. The van der Waals surface area contributed by atoms with Crippen LogP contribution in [0.3, 0.4) is 0 Å². The predicted octanol–water partition coefficient (Wildman–Crippen LogP) is 2.39. The van der Waals surface area contributed by atoms with E-state index in [9.17, 15) is 32.7 Å². The first-order valence-corrected chi connectivity index (χ1v) is 9.63. The molecule has 0 radical (unpaired) electrons. The normalized spacial score (nSPS) is 19.3. The van der Waals surface area contributed by atoms with Crippen molar-refractivity contribution in [1.29, 1.82) is 0 Å². The van der Waals surface area contributed by atoms with E-state index in [4.69, 9.17) is 4.74 Å². The fraction of sp³-hybridized carbons (Fsp3) is 0.450. The first-order chi connectivity index (χ1) is 14.8. The lowest BCUT2D eigenvalue weighted by Crippen LogP contribution is -2.70. The largest absolute Gasteiger partial charge is 0.487 e. The molecule has 2 aromatic rings. The molecule has 1 aromatic carbocycles. The average molecular weight is 457 g/mol. The molecule has 1 aromatic heterocycles. The molecular formula is C20H19F4N3O5. The van der Waals surface area contributed by atoms with Crippen molar-refractivity contribution in [2.75, 3.05) is 31.6 Å². The first kappa shape index (κ1) is 21.9. The van der Waals surface area contributed by atoms with Gasteiger partial charge in [0.2, 0.25) is 5.43 Å². The number of alkyl halides is 3. The highest BCUT2D eigenvalue weighted by Gasteiger charge is 2.52. The van der Waals surface area contributed by atoms with Gasteiger partial charge in [-0.15, -0.1) is 0 Å². The van der Waals surface area contributed by atoms with E-state index in [0.717, 1.165) is 13.1 Å². The van der Waals surface area contributed by atoms with E-state index in [-0.39, 0.29) is 48.1 Å².